The molecule has 0 bridgehead atoms. The summed E-state index contributed by atoms with van der Waals surface area (Å²) in [5.74, 6) is 0. The van der Waals surface area contributed by atoms with Crippen molar-refractivity contribution in [1.82, 2.24) is 0 Å². The molecule has 0 radical (unpaired) electrons. The van der Waals surface area contributed by atoms with Crippen molar-refractivity contribution in [2.24, 2.45) is 0 Å². The molecule has 2 heterocycles. The third-order valence-corrected chi connectivity index (χ3v) is 22.6. The summed E-state index contributed by atoms with van der Waals surface area (Å²) in [5.41, 5.74) is 24.4. The molecular weight excluding hydrogens is 1280 g/mol. The Kier molecular flexibility index (Phi) is 13.4. The quantitative estimate of drug-likeness (QED) is 0.135. The van der Waals surface area contributed by atoms with Crippen LogP contribution in [-0.4, -0.2) is 0 Å². The molecule has 20 aromatic carbocycles. The molecule has 0 aliphatic heterocycles. The van der Waals surface area contributed by atoms with Crippen LogP contribution in [0.25, 0.3) is 230 Å². The zero-order chi connectivity index (χ0) is 69.5. The van der Waals surface area contributed by atoms with Gasteiger partial charge in [0.25, 0.3) is 0 Å². The Morgan fingerprint density at radius 3 is 1.11 bits per heavy atom. The lowest BCUT2D eigenvalue weighted by Gasteiger charge is -2.21. The van der Waals surface area contributed by atoms with Crippen molar-refractivity contribution in [3.05, 3.63) is 376 Å². The van der Waals surface area contributed by atoms with Crippen molar-refractivity contribution in [2.45, 2.75) is 0 Å². The van der Waals surface area contributed by atoms with Crippen LogP contribution in [0.4, 0.5) is 0 Å². The molecule has 0 amide bonds. The summed E-state index contributed by atoms with van der Waals surface area (Å²) >= 11 is 0. The van der Waals surface area contributed by atoms with Gasteiger partial charge in [-0.05, 0) is 224 Å². The first-order valence-electron chi connectivity index (χ1n) is 36.6. The Bertz CT molecular complexity index is 7350. The maximum Gasteiger partial charge on any atom is 0.143 e. The van der Waals surface area contributed by atoms with E-state index in [9.17, 15) is 0 Å². The molecule has 2 heteroatoms. The summed E-state index contributed by atoms with van der Waals surface area (Å²) in [4.78, 5) is 0. The van der Waals surface area contributed by atoms with E-state index in [0.29, 0.717) is 0 Å². The fraction of sp³-hybridized carbons (Fsp3) is 0. The van der Waals surface area contributed by atoms with Crippen molar-refractivity contribution in [3.63, 3.8) is 0 Å². The first-order chi connectivity index (χ1) is 52.6. The van der Waals surface area contributed by atoms with Crippen molar-refractivity contribution in [2.75, 3.05) is 0 Å². The van der Waals surface area contributed by atoms with Gasteiger partial charge in [0.05, 0.1) is 0 Å². The van der Waals surface area contributed by atoms with Crippen LogP contribution in [-0.2, 0) is 0 Å². The van der Waals surface area contributed by atoms with E-state index in [-0.39, 0.29) is 0 Å². The molecule has 0 aliphatic carbocycles. The number of hydrogen-bond donors (Lipinski definition) is 0. The van der Waals surface area contributed by atoms with E-state index in [2.05, 4.69) is 376 Å². The normalized spacial score (nSPS) is 12.0. The lowest BCUT2D eigenvalue weighted by atomic mass is 9.82. The Morgan fingerprint density at radius 2 is 0.491 bits per heavy atom. The van der Waals surface area contributed by atoms with Crippen molar-refractivity contribution >= 4 is 130 Å². The highest BCUT2D eigenvalue weighted by molar-refractivity contribution is 6.27. The van der Waals surface area contributed by atoms with Gasteiger partial charge in [0, 0.05) is 32.7 Å². The van der Waals surface area contributed by atoms with Gasteiger partial charge in [-0.1, -0.05) is 328 Å². The molecule has 0 unspecified atom stereocenters. The average molecular weight is 1340 g/mol. The second kappa shape index (κ2) is 23.8. The van der Waals surface area contributed by atoms with Gasteiger partial charge in [-0.2, -0.15) is 0 Å². The smallest absolute Gasteiger partial charge is 0.143 e. The summed E-state index contributed by atoms with van der Waals surface area (Å²) in [7, 11) is 0. The fourth-order valence-electron chi connectivity index (χ4n) is 17.9. The molecule has 0 aliphatic rings. The number of furan rings is 2. The van der Waals surface area contributed by atoms with Crippen molar-refractivity contribution < 1.29 is 8.83 Å². The first-order valence-corrected chi connectivity index (χ1v) is 36.6. The Morgan fingerprint density at radius 1 is 0.132 bits per heavy atom. The molecule has 0 spiro atoms. The maximum absolute atomic E-state index is 7.12. The van der Waals surface area contributed by atoms with E-state index in [4.69, 9.17) is 8.83 Å². The predicted octanol–water partition coefficient (Wildman–Crippen LogP) is 29.7. The summed E-state index contributed by atoms with van der Waals surface area (Å²) in [6.45, 7) is 0. The van der Waals surface area contributed by atoms with Crippen LogP contribution in [0.3, 0.4) is 0 Å². The molecule has 490 valence electrons. The molecule has 0 atom stereocenters. The van der Waals surface area contributed by atoms with Crippen LogP contribution in [0.2, 0.25) is 0 Å². The second-order valence-electron chi connectivity index (χ2n) is 28.3. The Balaban J connectivity index is 0.720. The first kappa shape index (κ1) is 59.7. The van der Waals surface area contributed by atoms with Crippen molar-refractivity contribution in [1.29, 1.82) is 0 Å². The van der Waals surface area contributed by atoms with Gasteiger partial charge in [-0.15, -0.1) is 0 Å². The maximum atomic E-state index is 7.12. The lowest BCUT2D eigenvalue weighted by Crippen LogP contribution is -1.94. The average Bonchev–Trinajstić information content (AvgIpc) is 1.01. The zero-order valence-corrected chi connectivity index (χ0v) is 57.6. The van der Waals surface area contributed by atoms with Crippen LogP contribution in [0.5, 0.6) is 0 Å². The summed E-state index contributed by atoms with van der Waals surface area (Å²) < 4.78 is 14.0. The minimum atomic E-state index is 0.861. The number of benzene rings is 20. The van der Waals surface area contributed by atoms with Crippen LogP contribution < -0.4 is 0 Å². The molecule has 106 heavy (non-hydrogen) atoms. The van der Waals surface area contributed by atoms with E-state index in [1.165, 1.54) is 125 Å². The number of fused-ring (bicyclic) bond motifs is 14. The molecule has 22 rings (SSSR count). The molecule has 2 aromatic heterocycles. The highest BCUT2D eigenvalue weighted by atomic mass is 16.3. The monoisotopic (exact) mass is 1340 g/mol. The summed E-state index contributed by atoms with van der Waals surface area (Å²) in [6.07, 6.45) is 0. The largest absolute Gasteiger partial charge is 0.455 e. The van der Waals surface area contributed by atoms with E-state index in [1.54, 1.807) is 0 Å². The van der Waals surface area contributed by atoms with Gasteiger partial charge in [0.2, 0.25) is 0 Å². The lowest BCUT2D eigenvalue weighted by molar-refractivity contribution is 0.669. The molecule has 0 N–H and O–H groups in total. The van der Waals surface area contributed by atoms with Crippen LogP contribution in [0.15, 0.2) is 385 Å². The van der Waals surface area contributed by atoms with Gasteiger partial charge >= 0.3 is 0 Å². The Hall–Kier alpha value is -13.9. The molecule has 22 aromatic rings. The second-order valence-corrected chi connectivity index (χ2v) is 28.3. The minimum Gasteiger partial charge on any atom is -0.455 e. The SMILES string of the molecule is c1ccc(-c2c3ccccc3c(-c3cc(-c4cccc5c(-c6ccc(-c7c8ccccc8c(-c8ccc9oc%10c(-c%11cccc%12ccccc%11%12)cccc%10c9c8)c8ccccc78)c(-c7ccc8ccccc8c7)c6)cccc45)c4oc5ccccc5c4c3)c3ccccc23)c(-c2ccc3ccccc3c2)c1. The van der Waals surface area contributed by atoms with Crippen LogP contribution in [0, 0.1) is 0 Å². The minimum absolute atomic E-state index is 0.861. The Labute approximate surface area is 611 Å². The number of rotatable bonds is 9. The van der Waals surface area contributed by atoms with Crippen LogP contribution >= 0.6 is 0 Å². The molecule has 0 fully saturated rings. The van der Waals surface area contributed by atoms with Gasteiger partial charge in [-0.3, -0.25) is 0 Å². The summed E-state index contributed by atoms with van der Waals surface area (Å²) in [5, 5.41) is 23.5. The van der Waals surface area contributed by atoms with E-state index in [1.807, 2.05) is 0 Å². The van der Waals surface area contributed by atoms with Crippen molar-refractivity contribution in [3.8, 4) is 100 Å². The highest BCUT2D eigenvalue weighted by Gasteiger charge is 2.26. The molecule has 0 saturated carbocycles. The van der Waals surface area contributed by atoms with Crippen LogP contribution in [0.1, 0.15) is 0 Å². The van der Waals surface area contributed by atoms with Gasteiger partial charge in [-0.25, -0.2) is 0 Å². The summed E-state index contributed by atoms with van der Waals surface area (Å²) in [6, 6.07) is 139. The zero-order valence-electron chi connectivity index (χ0n) is 57.6. The van der Waals surface area contributed by atoms with Gasteiger partial charge < -0.3 is 8.83 Å². The predicted molar refractivity (Wildman–Crippen MR) is 450 cm³/mol. The van der Waals surface area contributed by atoms with E-state index < -0.39 is 0 Å². The number of hydrogen-bond acceptors (Lipinski definition) is 2. The molecular formula is C104H62O2. The highest BCUT2D eigenvalue weighted by Crippen LogP contribution is 2.53. The third-order valence-electron chi connectivity index (χ3n) is 22.6. The van der Waals surface area contributed by atoms with E-state index >= 15 is 0 Å². The van der Waals surface area contributed by atoms with Gasteiger partial charge in [0.1, 0.15) is 22.3 Å². The number of para-hydroxylation sites is 2. The fourth-order valence-corrected chi connectivity index (χ4v) is 17.9. The van der Waals surface area contributed by atoms with Gasteiger partial charge in [0.15, 0.2) is 0 Å². The third kappa shape index (κ3) is 9.31. The topological polar surface area (TPSA) is 26.3 Å². The molecule has 2 nitrogen and oxygen atoms in total. The standard InChI is InChI=1S/C104H62O2/c1-3-26-66-57-68(51-49-63(66)23-1)75-30-7-8-32-81(75)101-88-39-15-11-35-84(88)100(85-36-12-16-40-89(85)101)72-61-95(104-96(62-72)80-31-17-18-48-97(80)105-104)79-45-21-43-76-74(41-20-44-78(76)79)70-53-55-90(93(59-70)69-52-50-64-24-2-4-27-67(64)58-69)102-86-37-13-9-33-82(86)99(83-34-10-14-38-87(83)102)71-54-56-98-94(60-71)92-47-22-46-91(103(92)106-98)77-42-19-28-65-25-5-6-29-73(65)77/h1-62H. The van der Waals surface area contributed by atoms with E-state index in [0.717, 1.165) is 105 Å². The molecule has 0 saturated heterocycles.